The van der Waals surface area contributed by atoms with Crippen molar-refractivity contribution in [3.63, 3.8) is 0 Å². The van der Waals surface area contributed by atoms with Crippen molar-refractivity contribution >= 4 is 12.4 Å². The van der Waals surface area contributed by atoms with Crippen LogP contribution >= 0.6 is 0 Å². The third-order valence-corrected chi connectivity index (χ3v) is 3.47. The number of hydrogen-bond donors (Lipinski definition) is 0. The number of benzene rings is 2. The van der Waals surface area contributed by atoms with E-state index in [1.807, 2.05) is 36.4 Å². The first-order valence-electron chi connectivity index (χ1n) is 6.22. The quantitative estimate of drug-likeness (QED) is 0.748. The number of para-hydroxylation sites is 1. The van der Waals surface area contributed by atoms with Gasteiger partial charge in [-0.1, -0.05) is 31.1 Å². The molecule has 0 aliphatic carbocycles. The Hall–Kier alpha value is -1.74. The van der Waals surface area contributed by atoms with Crippen LogP contribution in [0.1, 0.15) is 11.1 Å². The summed E-state index contributed by atoms with van der Waals surface area (Å²) in [5.74, 6) is 1.78. The van der Waals surface area contributed by atoms with Crippen molar-refractivity contribution in [1.29, 1.82) is 0 Å². The van der Waals surface area contributed by atoms with E-state index >= 15 is 0 Å². The van der Waals surface area contributed by atoms with Crippen LogP contribution in [-0.2, 0) is 11.3 Å². The van der Waals surface area contributed by atoms with Gasteiger partial charge in [0, 0.05) is 0 Å². The highest BCUT2D eigenvalue weighted by Crippen LogP contribution is 2.28. The second-order valence-corrected chi connectivity index (χ2v) is 4.62. The molecule has 18 heavy (non-hydrogen) atoms. The summed E-state index contributed by atoms with van der Waals surface area (Å²) in [6.45, 7) is 5.07. The number of hydrogen-bond acceptors (Lipinski definition) is 2. The van der Waals surface area contributed by atoms with E-state index < -0.39 is 0 Å². The van der Waals surface area contributed by atoms with Gasteiger partial charge in [-0.15, -0.1) is 0 Å². The molecule has 0 N–H and O–H groups in total. The van der Waals surface area contributed by atoms with Crippen molar-refractivity contribution in [3.05, 3.63) is 53.6 Å². The van der Waals surface area contributed by atoms with Crippen molar-refractivity contribution in [2.24, 2.45) is 0 Å². The van der Waals surface area contributed by atoms with Gasteiger partial charge in [-0.2, -0.15) is 0 Å². The van der Waals surface area contributed by atoms with Gasteiger partial charge >= 0.3 is 6.92 Å². The number of fused-ring (bicyclic) bond motifs is 1. The zero-order valence-corrected chi connectivity index (χ0v) is 10.6. The number of ether oxygens (including phenoxy) is 1. The molecule has 0 amide bonds. The Morgan fingerprint density at radius 2 is 1.89 bits per heavy atom. The van der Waals surface area contributed by atoms with Crippen molar-refractivity contribution in [2.45, 2.75) is 20.4 Å². The molecule has 0 bridgehead atoms. The van der Waals surface area contributed by atoms with Gasteiger partial charge in [0.2, 0.25) is 0 Å². The average molecular weight is 238 g/mol. The maximum atomic E-state index is 5.91. The van der Waals surface area contributed by atoms with Crippen molar-refractivity contribution < 1.29 is 9.39 Å². The fraction of sp³-hybridized carbons (Fsp3) is 0.200. The first kappa shape index (κ1) is 11.4. The summed E-state index contributed by atoms with van der Waals surface area (Å²) >= 11 is 0. The van der Waals surface area contributed by atoms with Crippen LogP contribution in [0.15, 0.2) is 42.5 Å². The van der Waals surface area contributed by atoms with E-state index in [9.17, 15) is 0 Å². The Morgan fingerprint density at radius 3 is 2.67 bits per heavy atom. The molecule has 1 heterocycles. The predicted molar refractivity (Wildman–Crippen MR) is 73.7 cm³/mol. The molecule has 0 atom stereocenters. The molecule has 0 unspecified atom stereocenters. The summed E-state index contributed by atoms with van der Waals surface area (Å²) in [6.07, 6.45) is 0. The van der Waals surface area contributed by atoms with Crippen LogP contribution in [0.25, 0.3) is 0 Å². The lowest BCUT2D eigenvalue weighted by Crippen LogP contribution is -2.24. The fourth-order valence-electron chi connectivity index (χ4n) is 2.35. The Labute approximate surface area is 108 Å². The second kappa shape index (κ2) is 4.50. The second-order valence-electron chi connectivity index (χ2n) is 4.62. The summed E-state index contributed by atoms with van der Waals surface area (Å²) in [7, 11) is 0. The van der Waals surface area contributed by atoms with Gasteiger partial charge in [-0.25, -0.2) is 0 Å². The lowest BCUT2D eigenvalue weighted by atomic mass is 9.64. The average Bonchev–Trinajstić information content (AvgIpc) is 2.77. The lowest BCUT2D eigenvalue weighted by molar-refractivity contribution is 0.332. The topological polar surface area (TPSA) is 18.5 Å². The van der Waals surface area contributed by atoms with Gasteiger partial charge in [-0.05, 0) is 41.7 Å². The van der Waals surface area contributed by atoms with E-state index in [0.29, 0.717) is 6.61 Å². The van der Waals surface area contributed by atoms with Crippen LogP contribution in [0.3, 0.4) is 0 Å². The van der Waals surface area contributed by atoms with E-state index in [2.05, 4.69) is 19.8 Å². The first-order chi connectivity index (χ1) is 8.75. The highest BCUT2D eigenvalue weighted by Gasteiger charge is 2.25. The maximum absolute atomic E-state index is 5.91. The third-order valence-electron chi connectivity index (χ3n) is 3.47. The molecule has 0 aromatic heterocycles. The molecule has 3 heteroatoms. The highest BCUT2D eigenvalue weighted by atomic mass is 16.5. The molecule has 0 radical (unpaired) electrons. The van der Waals surface area contributed by atoms with Crippen molar-refractivity contribution in [3.8, 4) is 11.5 Å². The Morgan fingerprint density at radius 1 is 1.11 bits per heavy atom. The molecule has 2 aromatic carbocycles. The maximum Gasteiger partial charge on any atom is 0.324 e. The van der Waals surface area contributed by atoms with Crippen molar-refractivity contribution in [2.75, 3.05) is 0 Å². The molecular weight excluding hydrogens is 223 g/mol. The minimum atomic E-state index is 0.199. The van der Waals surface area contributed by atoms with E-state index in [0.717, 1.165) is 11.5 Å². The Bertz CT molecular complexity index is 566. The van der Waals surface area contributed by atoms with Gasteiger partial charge < -0.3 is 9.39 Å². The van der Waals surface area contributed by atoms with E-state index in [1.165, 1.54) is 16.6 Å². The largest absolute Gasteiger partial charge is 0.457 e. The molecule has 0 fully saturated rings. The first-order valence-corrected chi connectivity index (χ1v) is 6.22. The summed E-state index contributed by atoms with van der Waals surface area (Å²) < 4.78 is 11.6. The van der Waals surface area contributed by atoms with Crippen LogP contribution < -0.4 is 10.2 Å². The lowest BCUT2D eigenvalue weighted by Gasteiger charge is -2.12. The SMILES string of the molecule is CB1OCc2c1ccc(Oc1ccccc1)c2C. The van der Waals surface area contributed by atoms with Gasteiger partial charge in [0.05, 0.1) is 6.61 Å². The van der Waals surface area contributed by atoms with Crippen LogP contribution in [0.2, 0.25) is 6.82 Å². The minimum Gasteiger partial charge on any atom is -0.457 e. The zero-order valence-electron chi connectivity index (χ0n) is 10.6. The number of rotatable bonds is 2. The normalized spacial score (nSPS) is 13.6. The fourth-order valence-corrected chi connectivity index (χ4v) is 2.35. The molecule has 90 valence electrons. The Kier molecular flexibility index (Phi) is 2.84. The van der Waals surface area contributed by atoms with E-state index in [4.69, 9.17) is 9.39 Å². The molecule has 0 spiro atoms. The van der Waals surface area contributed by atoms with Gasteiger partial charge in [0.25, 0.3) is 0 Å². The third kappa shape index (κ3) is 1.91. The monoisotopic (exact) mass is 238 g/mol. The highest BCUT2D eigenvalue weighted by molar-refractivity contribution is 6.67. The van der Waals surface area contributed by atoms with Gasteiger partial charge in [0.1, 0.15) is 11.5 Å². The standard InChI is InChI=1S/C15H15BO2/c1-11-13-10-17-16(2)14(13)8-9-15(11)18-12-6-4-3-5-7-12/h3-9H,10H2,1-2H3. The smallest absolute Gasteiger partial charge is 0.324 e. The Balaban J connectivity index is 1.95. The summed E-state index contributed by atoms with van der Waals surface area (Å²) in [4.78, 5) is 0. The van der Waals surface area contributed by atoms with Gasteiger partial charge in [-0.3, -0.25) is 0 Å². The van der Waals surface area contributed by atoms with E-state index in [1.54, 1.807) is 0 Å². The predicted octanol–water partition coefficient (Wildman–Crippen LogP) is 3.15. The molecule has 1 aliphatic heterocycles. The summed E-state index contributed by atoms with van der Waals surface area (Å²) in [5, 5.41) is 0. The van der Waals surface area contributed by atoms with Crippen LogP contribution in [0.5, 0.6) is 11.5 Å². The molecule has 2 nitrogen and oxygen atoms in total. The molecule has 3 rings (SSSR count). The molecule has 0 saturated heterocycles. The zero-order chi connectivity index (χ0) is 12.5. The summed E-state index contributed by atoms with van der Waals surface area (Å²) in [6, 6.07) is 14.0. The molecular formula is C15H15BO2. The van der Waals surface area contributed by atoms with Gasteiger partial charge in [0.15, 0.2) is 0 Å². The van der Waals surface area contributed by atoms with Crippen LogP contribution in [0, 0.1) is 6.92 Å². The molecule has 2 aromatic rings. The van der Waals surface area contributed by atoms with Crippen LogP contribution in [0.4, 0.5) is 0 Å². The van der Waals surface area contributed by atoms with E-state index in [-0.39, 0.29) is 6.92 Å². The minimum absolute atomic E-state index is 0.199. The molecule has 0 saturated carbocycles. The van der Waals surface area contributed by atoms with Crippen molar-refractivity contribution in [1.82, 2.24) is 0 Å². The van der Waals surface area contributed by atoms with Crippen LogP contribution in [-0.4, -0.2) is 6.92 Å². The molecule has 1 aliphatic rings. The summed E-state index contributed by atoms with van der Waals surface area (Å²) in [5.41, 5.74) is 3.74.